The predicted molar refractivity (Wildman–Crippen MR) is 119 cm³/mol. The Morgan fingerprint density at radius 1 is 1.12 bits per heavy atom. The van der Waals surface area contributed by atoms with Crippen molar-refractivity contribution in [3.05, 3.63) is 71.9 Å². The Morgan fingerprint density at radius 2 is 1.88 bits per heavy atom. The molecular formula is C23H25N7O2. The van der Waals surface area contributed by atoms with Crippen LogP contribution in [0.1, 0.15) is 23.0 Å². The number of aryl methyl sites for hydroxylation is 1. The summed E-state index contributed by atoms with van der Waals surface area (Å²) in [4.78, 5) is 25.8. The number of rotatable bonds is 5. The topological polar surface area (TPSA) is 99.3 Å². The van der Waals surface area contributed by atoms with E-state index < -0.39 is 6.04 Å². The fourth-order valence-corrected chi connectivity index (χ4v) is 3.82. The lowest BCUT2D eigenvalue weighted by Gasteiger charge is -2.36. The molecule has 0 bridgehead atoms. The molecule has 2 amide bonds. The molecule has 0 saturated carbocycles. The predicted octanol–water partition coefficient (Wildman–Crippen LogP) is 2.32. The van der Waals surface area contributed by atoms with Crippen molar-refractivity contribution >= 4 is 11.8 Å². The highest BCUT2D eigenvalue weighted by atomic mass is 16.5. The maximum absolute atomic E-state index is 13.1. The van der Waals surface area contributed by atoms with Gasteiger partial charge in [-0.3, -0.25) is 0 Å². The monoisotopic (exact) mass is 431 g/mol. The SMILES string of the molecule is COc1ccc(C(NC(=O)N2CCN(c3ncccc3C#N)CC2)c2nccn2C)cc1. The van der Waals surface area contributed by atoms with Crippen LogP contribution in [0.15, 0.2) is 55.0 Å². The quantitative estimate of drug-likeness (QED) is 0.666. The number of piperazine rings is 1. The highest BCUT2D eigenvalue weighted by Gasteiger charge is 2.27. The molecule has 1 fully saturated rings. The van der Waals surface area contributed by atoms with Crippen LogP contribution in [-0.2, 0) is 7.05 Å². The Kier molecular flexibility index (Phi) is 6.22. The van der Waals surface area contributed by atoms with Gasteiger partial charge in [0.05, 0.1) is 12.7 Å². The lowest BCUT2D eigenvalue weighted by molar-refractivity contribution is 0.191. The standard InChI is InChI=1S/C23H25N7O2/c1-28-11-10-26-22(28)20(17-5-7-19(32-2)8-6-17)27-23(31)30-14-12-29(13-15-30)21-18(16-24)4-3-9-25-21/h3-11,20H,12-15H2,1-2H3,(H,27,31). The van der Waals surface area contributed by atoms with Crippen molar-refractivity contribution in [3.63, 3.8) is 0 Å². The van der Waals surface area contributed by atoms with Gasteiger partial charge in [0.15, 0.2) is 0 Å². The van der Waals surface area contributed by atoms with Crippen molar-refractivity contribution in [2.75, 3.05) is 38.2 Å². The minimum absolute atomic E-state index is 0.157. The van der Waals surface area contributed by atoms with Gasteiger partial charge in [0.1, 0.15) is 29.5 Å². The van der Waals surface area contributed by atoms with Crippen molar-refractivity contribution in [1.29, 1.82) is 5.26 Å². The van der Waals surface area contributed by atoms with E-state index >= 15 is 0 Å². The molecule has 0 radical (unpaired) electrons. The lowest BCUT2D eigenvalue weighted by atomic mass is 10.1. The van der Waals surface area contributed by atoms with Gasteiger partial charge in [-0.2, -0.15) is 5.26 Å². The summed E-state index contributed by atoms with van der Waals surface area (Å²) in [6, 6.07) is 12.7. The van der Waals surface area contributed by atoms with Crippen LogP contribution in [0.5, 0.6) is 5.75 Å². The van der Waals surface area contributed by atoms with Crippen LogP contribution in [-0.4, -0.2) is 58.8 Å². The number of anilines is 1. The molecule has 1 aliphatic heterocycles. The highest BCUT2D eigenvalue weighted by molar-refractivity contribution is 5.75. The summed E-state index contributed by atoms with van der Waals surface area (Å²) in [5.41, 5.74) is 1.46. The molecule has 1 aromatic carbocycles. The van der Waals surface area contributed by atoms with Crippen molar-refractivity contribution in [2.45, 2.75) is 6.04 Å². The molecular weight excluding hydrogens is 406 g/mol. The molecule has 4 rings (SSSR count). The fourth-order valence-electron chi connectivity index (χ4n) is 3.82. The van der Waals surface area contributed by atoms with Gasteiger partial charge in [0.2, 0.25) is 0 Å². The number of aromatic nitrogens is 3. The average Bonchev–Trinajstić information content (AvgIpc) is 3.28. The summed E-state index contributed by atoms with van der Waals surface area (Å²) in [6.45, 7) is 2.27. The van der Waals surface area contributed by atoms with Gasteiger partial charge in [0, 0.05) is 51.8 Å². The first kappa shape index (κ1) is 21.2. The van der Waals surface area contributed by atoms with Crippen molar-refractivity contribution in [1.82, 2.24) is 24.8 Å². The largest absolute Gasteiger partial charge is 0.497 e. The number of amides is 2. The second kappa shape index (κ2) is 9.39. The van der Waals surface area contributed by atoms with Gasteiger partial charge in [-0.1, -0.05) is 12.1 Å². The molecule has 2 aromatic heterocycles. The molecule has 9 nitrogen and oxygen atoms in total. The smallest absolute Gasteiger partial charge is 0.318 e. The Bertz CT molecular complexity index is 1110. The van der Waals surface area contributed by atoms with E-state index in [0.717, 1.165) is 17.1 Å². The Balaban J connectivity index is 1.47. The molecule has 0 aliphatic carbocycles. The molecule has 1 N–H and O–H groups in total. The molecule has 1 unspecified atom stereocenters. The third-order valence-electron chi connectivity index (χ3n) is 5.61. The van der Waals surface area contributed by atoms with E-state index in [1.807, 2.05) is 47.0 Å². The first-order valence-corrected chi connectivity index (χ1v) is 10.4. The minimum atomic E-state index is -0.396. The van der Waals surface area contributed by atoms with Gasteiger partial charge in [0.25, 0.3) is 0 Å². The first-order valence-electron chi connectivity index (χ1n) is 10.4. The van der Waals surface area contributed by atoms with E-state index in [2.05, 4.69) is 21.4 Å². The van der Waals surface area contributed by atoms with Crippen LogP contribution in [0.4, 0.5) is 10.6 Å². The summed E-state index contributed by atoms with van der Waals surface area (Å²) in [6.07, 6.45) is 5.26. The highest BCUT2D eigenvalue weighted by Crippen LogP contribution is 2.24. The average molecular weight is 432 g/mol. The number of nitrogens with one attached hydrogen (secondary N) is 1. The van der Waals surface area contributed by atoms with Gasteiger partial charge >= 0.3 is 6.03 Å². The lowest BCUT2D eigenvalue weighted by Crippen LogP contribution is -2.52. The number of benzene rings is 1. The zero-order valence-corrected chi connectivity index (χ0v) is 18.1. The van der Waals surface area contributed by atoms with Crippen molar-refractivity contribution in [3.8, 4) is 11.8 Å². The number of ether oxygens (including phenoxy) is 1. The van der Waals surface area contributed by atoms with E-state index in [1.54, 1.807) is 36.5 Å². The molecule has 3 aromatic rings. The van der Waals surface area contributed by atoms with Crippen LogP contribution < -0.4 is 15.0 Å². The fraction of sp³-hybridized carbons (Fsp3) is 0.304. The molecule has 32 heavy (non-hydrogen) atoms. The van der Waals surface area contributed by atoms with Crippen LogP contribution in [0, 0.1) is 11.3 Å². The second-order valence-electron chi connectivity index (χ2n) is 7.51. The molecule has 1 atom stereocenters. The van der Waals surface area contributed by atoms with Gasteiger partial charge in [-0.25, -0.2) is 14.8 Å². The van der Waals surface area contributed by atoms with E-state index in [0.29, 0.717) is 37.6 Å². The summed E-state index contributed by atoms with van der Waals surface area (Å²) in [7, 11) is 3.53. The number of nitrogens with zero attached hydrogens (tertiary/aromatic N) is 6. The number of pyridine rings is 1. The van der Waals surface area contributed by atoms with Gasteiger partial charge in [-0.15, -0.1) is 0 Å². The Morgan fingerprint density at radius 3 is 2.50 bits per heavy atom. The number of carbonyl (C=O) groups excluding carboxylic acids is 1. The molecule has 1 aliphatic rings. The third-order valence-corrected chi connectivity index (χ3v) is 5.61. The van der Waals surface area contributed by atoms with Gasteiger partial charge < -0.3 is 24.4 Å². The maximum Gasteiger partial charge on any atom is 0.318 e. The first-order chi connectivity index (χ1) is 15.6. The number of nitriles is 1. The maximum atomic E-state index is 13.1. The normalized spacial score (nSPS) is 14.5. The summed E-state index contributed by atoms with van der Waals surface area (Å²) >= 11 is 0. The Labute approximate surface area is 186 Å². The summed E-state index contributed by atoms with van der Waals surface area (Å²) in [5, 5.41) is 12.5. The zero-order valence-electron chi connectivity index (χ0n) is 18.1. The number of carbonyl (C=O) groups is 1. The third kappa shape index (κ3) is 4.34. The van der Waals surface area contributed by atoms with Crippen molar-refractivity contribution in [2.24, 2.45) is 7.05 Å². The molecule has 9 heteroatoms. The minimum Gasteiger partial charge on any atom is -0.497 e. The van der Waals surface area contributed by atoms with E-state index in [1.165, 1.54) is 0 Å². The van der Waals surface area contributed by atoms with Crippen molar-refractivity contribution < 1.29 is 9.53 Å². The summed E-state index contributed by atoms with van der Waals surface area (Å²) < 4.78 is 7.16. The van der Waals surface area contributed by atoms with E-state index in [4.69, 9.17) is 4.74 Å². The second-order valence-corrected chi connectivity index (χ2v) is 7.51. The number of imidazole rings is 1. The number of hydrogen-bond donors (Lipinski definition) is 1. The molecule has 164 valence electrons. The van der Waals surface area contributed by atoms with Crippen LogP contribution in [0.3, 0.4) is 0 Å². The summed E-state index contributed by atoms with van der Waals surface area (Å²) in [5.74, 6) is 2.16. The number of urea groups is 1. The van der Waals surface area contributed by atoms with Crippen LogP contribution in [0.25, 0.3) is 0 Å². The van der Waals surface area contributed by atoms with Crippen LogP contribution in [0.2, 0.25) is 0 Å². The zero-order chi connectivity index (χ0) is 22.5. The molecule has 1 saturated heterocycles. The molecule has 3 heterocycles. The van der Waals surface area contributed by atoms with E-state index in [-0.39, 0.29) is 6.03 Å². The Hall–Kier alpha value is -4.06. The van der Waals surface area contributed by atoms with Gasteiger partial charge in [-0.05, 0) is 29.8 Å². The number of hydrogen-bond acceptors (Lipinski definition) is 6. The van der Waals surface area contributed by atoms with Crippen LogP contribution >= 0.6 is 0 Å². The number of methoxy groups -OCH3 is 1. The molecule has 0 spiro atoms. The van der Waals surface area contributed by atoms with E-state index in [9.17, 15) is 10.1 Å².